The standard InChI is InChI=1S/C15H14BrClFNO/c16-11-5-10(6-12(17)7-11)15(20)14(8-19)9-1-3-13(18)4-2-9/h1-7,14-15,20H,8,19H2. The van der Waals surface area contributed by atoms with Crippen LogP contribution in [-0.2, 0) is 0 Å². The summed E-state index contributed by atoms with van der Waals surface area (Å²) < 4.78 is 13.8. The van der Waals surface area contributed by atoms with Crippen LogP contribution in [0.3, 0.4) is 0 Å². The van der Waals surface area contributed by atoms with E-state index in [1.807, 2.05) is 0 Å². The predicted molar refractivity (Wildman–Crippen MR) is 82.3 cm³/mol. The van der Waals surface area contributed by atoms with Gasteiger partial charge in [0.2, 0.25) is 0 Å². The quantitative estimate of drug-likeness (QED) is 0.867. The van der Waals surface area contributed by atoms with E-state index in [0.717, 1.165) is 10.0 Å². The zero-order chi connectivity index (χ0) is 14.7. The molecule has 3 N–H and O–H groups in total. The zero-order valence-electron chi connectivity index (χ0n) is 10.6. The van der Waals surface area contributed by atoms with Crippen molar-refractivity contribution in [1.29, 1.82) is 0 Å². The first kappa shape index (κ1) is 15.4. The van der Waals surface area contributed by atoms with E-state index in [4.69, 9.17) is 17.3 Å². The van der Waals surface area contributed by atoms with E-state index in [2.05, 4.69) is 15.9 Å². The van der Waals surface area contributed by atoms with Gasteiger partial charge < -0.3 is 10.8 Å². The maximum Gasteiger partial charge on any atom is 0.123 e. The van der Waals surface area contributed by atoms with Gasteiger partial charge in [0.25, 0.3) is 0 Å². The fraction of sp³-hybridized carbons (Fsp3) is 0.200. The summed E-state index contributed by atoms with van der Waals surface area (Å²) in [4.78, 5) is 0. The van der Waals surface area contributed by atoms with Crippen LogP contribution in [0, 0.1) is 5.82 Å². The highest BCUT2D eigenvalue weighted by molar-refractivity contribution is 9.10. The Balaban J connectivity index is 2.33. The second-order valence-corrected chi connectivity index (χ2v) is 5.89. The normalized spacial score (nSPS) is 14.1. The number of hydrogen-bond acceptors (Lipinski definition) is 2. The second-order valence-electron chi connectivity index (χ2n) is 4.54. The van der Waals surface area contributed by atoms with Crippen LogP contribution in [0.2, 0.25) is 5.02 Å². The number of hydrogen-bond donors (Lipinski definition) is 2. The Bertz CT molecular complexity index is 571. The molecule has 0 fully saturated rings. The number of halogens is 3. The van der Waals surface area contributed by atoms with Gasteiger partial charge in [-0.25, -0.2) is 4.39 Å². The van der Waals surface area contributed by atoms with Crippen molar-refractivity contribution in [3.05, 3.63) is 68.9 Å². The van der Waals surface area contributed by atoms with Crippen molar-refractivity contribution in [2.24, 2.45) is 5.73 Å². The molecule has 0 heterocycles. The van der Waals surface area contributed by atoms with Crippen molar-refractivity contribution in [3.63, 3.8) is 0 Å². The molecule has 2 rings (SSSR count). The van der Waals surface area contributed by atoms with Crippen LogP contribution in [0.15, 0.2) is 46.9 Å². The molecule has 0 bridgehead atoms. The van der Waals surface area contributed by atoms with Gasteiger partial charge in [-0.1, -0.05) is 39.7 Å². The van der Waals surface area contributed by atoms with E-state index >= 15 is 0 Å². The lowest BCUT2D eigenvalue weighted by Crippen LogP contribution is -2.20. The molecule has 2 aromatic rings. The Morgan fingerprint density at radius 2 is 1.80 bits per heavy atom. The van der Waals surface area contributed by atoms with E-state index in [0.29, 0.717) is 10.6 Å². The lowest BCUT2D eigenvalue weighted by Gasteiger charge is -2.22. The van der Waals surface area contributed by atoms with Crippen molar-refractivity contribution in [1.82, 2.24) is 0 Å². The van der Waals surface area contributed by atoms with Crippen LogP contribution < -0.4 is 5.73 Å². The van der Waals surface area contributed by atoms with E-state index in [9.17, 15) is 9.50 Å². The average Bonchev–Trinajstić information content (AvgIpc) is 2.40. The SMILES string of the molecule is NCC(c1ccc(F)cc1)C(O)c1cc(Cl)cc(Br)c1. The fourth-order valence-corrected chi connectivity index (χ4v) is 3.02. The van der Waals surface area contributed by atoms with Gasteiger partial charge in [-0.2, -0.15) is 0 Å². The maximum atomic E-state index is 13.0. The van der Waals surface area contributed by atoms with Crippen molar-refractivity contribution in [2.75, 3.05) is 6.54 Å². The molecule has 2 unspecified atom stereocenters. The molecule has 0 saturated heterocycles. The number of aliphatic hydroxyl groups is 1. The summed E-state index contributed by atoms with van der Waals surface area (Å²) in [5.41, 5.74) is 7.22. The number of nitrogens with two attached hydrogens (primary N) is 1. The summed E-state index contributed by atoms with van der Waals surface area (Å²) in [6.45, 7) is 0.247. The van der Waals surface area contributed by atoms with Crippen molar-refractivity contribution >= 4 is 27.5 Å². The van der Waals surface area contributed by atoms with Crippen LogP contribution in [0.1, 0.15) is 23.1 Å². The molecule has 0 amide bonds. The maximum absolute atomic E-state index is 13.0. The van der Waals surface area contributed by atoms with E-state index in [1.54, 1.807) is 30.3 Å². The monoisotopic (exact) mass is 357 g/mol. The lowest BCUT2D eigenvalue weighted by atomic mass is 9.89. The van der Waals surface area contributed by atoms with Crippen LogP contribution >= 0.6 is 27.5 Å². The van der Waals surface area contributed by atoms with Crippen LogP contribution in [0.4, 0.5) is 4.39 Å². The molecule has 2 aromatic carbocycles. The van der Waals surface area contributed by atoms with Crippen molar-refractivity contribution in [2.45, 2.75) is 12.0 Å². The van der Waals surface area contributed by atoms with Gasteiger partial charge in [-0.3, -0.25) is 0 Å². The van der Waals surface area contributed by atoms with E-state index in [1.165, 1.54) is 12.1 Å². The number of benzene rings is 2. The minimum Gasteiger partial charge on any atom is -0.388 e. The van der Waals surface area contributed by atoms with Crippen LogP contribution in [0.25, 0.3) is 0 Å². The summed E-state index contributed by atoms with van der Waals surface area (Å²) in [5, 5.41) is 11.0. The van der Waals surface area contributed by atoms with Crippen molar-refractivity contribution in [3.8, 4) is 0 Å². The molecule has 2 atom stereocenters. The summed E-state index contributed by atoms with van der Waals surface area (Å²) in [7, 11) is 0. The molecule has 2 nitrogen and oxygen atoms in total. The molecule has 5 heteroatoms. The largest absolute Gasteiger partial charge is 0.388 e. The topological polar surface area (TPSA) is 46.2 Å². The molecule has 0 aromatic heterocycles. The molecule has 0 spiro atoms. The van der Waals surface area contributed by atoms with Gasteiger partial charge in [0.15, 0.2) is 0 Å². The molecule has 0 aliphatic heterocycles. The predicted octanol–water partition coefficient (Wildman–Crippen LogP) is 4.02. The minimum atomic E-state index is -0.805. The van der Waals surface area contributed by atoms with Crippen LogP contribution in [0.5, 0.6) is 0 Å². The number of aliphatic hydroxyl groups excluding tert-OH is 1. The molecule has 0 saturated carbocycles. The summed E-state index contributed by atoms with van der Waals surface area (Å²) in [6.07, 6.45) is -0.805. The molecular weight excluding hydrogens is 345 g/mol. The first-order valence-corrected chi connectivity index (χ1v) is 7.28. The first-order valence-electron chi connectivity index (χ1n) is 6.11. The molecule has 20 heavy (non-hydrogen) atoms. The smallest absolute Gasteiger partial charge is 0.123 e. The zero-order valence-corrected chi connectivity index (χ0v) is 12.9. The summed E-state index contributed by atoms with van der Waals surface area (Å²) in [6, 6.07) is 11.2. The van der Waals surface area contributed by atoms with Crippen molar-refractivity contribution < 1.29 is 9.50 Å². The highest BCUT2D eigenvalue weighted by atomic mass is 79.9. The molecular formula is C15H14BrClFNO. The van der Waals surface area contributed by atoms with Crippen LogP contribution in [-0.4, -0.2) is 11.7 Å². The molecule has 106 valence electrons. The van der Waals surface area contributed by atoms with Gasteiger partial charge in [-0.05, 0) is 41.5 Å². The highest BCUT2D eigenvalue weighted by Gasteiger charge is 2.22. The summed E-state index contributed by atoms with van der Waals surface area (Å²) >= 11 is 9.33. The number of rotatable bonds is 4. The Kier molecular flexibility index (Phi) is 5.16. The third kappa shape index (κ3) is 3.58. The minimum absolute atomic E-state index is 0.247. The van der Waals surface area contributed by atoms with E-state index in [-0.39, 0.29) is 18.3 Å². The van der Waals surface area contributed by atoms with Gasteiger partial charge in [0.05, 0.1) is 6.10 Å². The lowest BCUT2D eigenvalue weighted by molar-refractivity contribution is 0.147. The second kappa shape index (κ2) is 6.68. The fourth-order valence-electron chi connectivity index (χ4n) is 2.14. The molecule has 0 aliphatic carbocycles. The van der Waals surface area contributed by atoms with Gasteiger partial charge >= 0.3 is 0 Å². The van der Waals surface area contributed by atoms with Gasteiger partial charge in [0, 0.05) is 22.0 Å². The van der Waals surface area contributed by atoms with Gasteiger partial charge in [0.1, 0.15) is 5.82 Å². The summed E-state index contributed by atoms with van der Waals surface area (Å²) in [5.74, 6) is -0.634. The third-order valence-electron chi connectivity index (χ3n) is 3.16. The molecule has 0 radical (unpaired) electrons. The Labute approximate surface area is 130 Å². The van der Waals surface area contributed by atoms with E-state index < -0.39 is 6.10 Å². The molecule has 0 aliphatic rings. The first-order chi connectivity index (χ1) is 9.51. The van der Waals surface area contributed by atoms with Gasteiger partial charge in [-0.15, -0.1) is 0 Å². The Hall–Kier alpha value is -0.940. The Morgan fingerprint density at radius 1 is 1.15 bits per heavy atom. The third-order valence-corrected chi connectivity index (χ3v) is 3.84. The highest BCUT2D eigenvalue weighted by Crippen LogP contribution is 2.33. The Morgan fingerprint density at radius 3 is 2.35 bits per heavy atom. The average molecular weight is 359 g/mol.